The van der Waals surface area contributed by atoms with Crippen LogP contribution in [0.15, 0.2) is 57.8 Å². The number of halogens is 1. The fraction of sp³-hybridized carbons (Fsp3) is 0.250. The molecular weight excluding hydrogens is 427 g/mol. The van der Waals surface area contributed by atoms with Crippen molar-refractivity contribution in [3.8, 4) is 0 Å². The molecule has 1 aromatic heterocycles. The van der Waals surface area contributed by atoms with Crippen molar-refractivity contribution in [1.82, 2.24) is 15.5 Å². The van der Waals surface area contributed by atoms with Crippen molar-refractivity contribution in [2.75, 3.05) is 23.4 Å². The molecule has 1 heterocycles. The number of aromatic nitrogens is 2. The first kappa shape index (κ1) is 21.6. The van der Waals surface area contributed by atoms with Crippen molar-refractivity contribution in [1.29, 1.82) is 0 Å². The maximum atomic E-state index is 12.9. The Balaban J connectivity index is 1.31. The predicted molar refractivity (Wildman–Crippen MR) is 119 cm³/mol. The molecule has 29 heavy (non-hydrogen) atoms. The fourth-order valence-corrected chi connectivity index (χ4v) is 4.64. The molecule has 0 atom stereocenters. The number of carbonyl (C=O) groups is 1. The fourth-order valence-electron chi connectivity index (χ4n) is 2.29. The van der Waals surface area contributed by atoms with Crippen LogP contribution in [0.4, 0.5) is 9.52 Å². The average Bonchev–Trinajstić information content (AvgIpc) is 3.18. The van der Waals surface area contributed by atoms with Crippen LogP contribution >= 0.6 is 34.9 Å². The highest BCUT2D eigenvalue weighted by molar-refractivity contribution is 8.01. The minimum atomic E-state index is -0.254. The number of benzene rings is 2. The Morgan fingerprint density at radius 1 is 1.07 bits per heavy atom. The second-order valence-electron chi connectivity index (χ2n) is 6.15. The largest absolute Gasteiger partial charge is 0.356 e. The van der Waals surface area contributed by atoms with E-state index in [1.165, 1.54) is 45.7 Å². The number of carbonyl (C=O) groups excluding carboxylic acids is 1. The summed E-state index contributed by atoms with van der Waals surface area (Å²) in [5.74, 6) is 0.864. The molecule has 2 aromatic carbocycles. The highest BCUT2D eigenvalue weighted by Gasteiger charge is 2.08. The molecule has 0 unspecified atom stereocenters. The lowest BCUT2D eigenvalue weighted by molar-refractivity contribution is -0.118. The lowest BCUT2D eigenvalue weighted by atomic mass is 10.2. The number of hydrogen-bond acceptors (Lipinski definition) is 7. The van der Waals surface area contributed by atoms with Gasteiger partial charge in [-0.3, -0.25) is 4.79 Å². The van der Waals surface area contributed by atoms with Crippen LogP contribution in [-0.2, 0) is 11.3 Å². The zero-order valence-corrected chi connectivity index (χ0v) is 18.3. The lowest BCUT2D eigenvalue weighted by Gasteiger charge is -2.04. The first-order valence-corrected chi connectivity index (χ1v) is 11.8. The van der Waals surface area contributed by atoms with Crippen LogP contribution in [0.1, 0.15) is 11.1 Å². The Kier molecular flexibility index (Phi) is 8.33. The first-order chi connectivity index (χ1) is 14.1. The molecule has 3 aromatic rings. The third-order valence-corrected chi connectivity index (χ3v) is 6.83. The summed E-state index contributed by atoms with van der Waals surface area (Å²) < 4.78 is 13.6. The van der Waals surface area contributed by atoms with Crippen LogP contribution in [0, 0.1) is 12.7 Å². The van der Waals surface area contributed by atoms with Crippen molar-refractivity contribution >= 4 is 45.9 Å². The Labute approximate surface area is 181 Å². The van der Waals surface area contributed by atoms with Crippen molar-refractivity contribution < 1.29 is 9.18 Å². The molecule has 0 fully saturated rings. The van der Waals surface area contributed by atoms with E-state index in [2.05, 4.69) is 52.0 Å². The van der Waals surface area contributed by atoms with Crippen LogP contribution in [-0.4, -0.2) is 34.2 Å². The zero-order chi connectivity index (χ0) is 20.5. The standard InChI is InChI=1S/C20H21FN4OS3/c1-14-2-8-17(9-3-14)27-11-10-22-18(26)13-28-20-25-24-19(29-20)23-12-15-4-6-16(21)7-5-15/h2-9H,10-13H2,1H3,(H,22,26)(H,23,24). The van der Waals surface area contributed by atoms with Gasteiger partial charge in [-0.1, -0.05) is 52.9 Å². The third-order valence-electron chi connectivity index (χ3n) is 3.80. The maximum absolute atomic E-state index is 12.9. The number of hydrogen-bond donors (Lipinski definition) is 2. The summed E-state index contributed by atoms with van der Waals surface area (Å²) in [4.78, 5) is 13.2. The lowest BCUT2D eigenvalue weighted by Crippen LogP contribution is -2.27. The molecule has 0 saturated heterocycles. The monoisotopic (exact) mass is 448 g/mol. The van der Waals surface area contributed by atoms with Crippen molar-refractivity contribution in [3.63, 3.8) is 0 Å². The van der Waals surface area contributed by atoms with E-state index in [0.29, 0.717) is 24.0 Å². The summed E-state index contributed by atoms with van der Waals surface area (Å²) in [6, 6.07) is 14.7. The maximum Gasteiger partial charge on any atom is 0.230 e. The summed E-state index contributed by atoms with van der Waals surface area (Å²) in [6.07, 6.45) is 0. The second kappa shape index (κ2) is 11.2. The van der Waals surface area contributed by atoms with Crippen molar-refractivity contribution in [3.05, 3.63) is 65.5 Å². The van der Waals surface area contributed by atoms with Crippen LogP contribution in [0.2, 0.25) is 0 Å². The third kappa shape index (κ3) is 7.68. The van der Waals surface area contributed by atoms with Gasteiger partial charge in [-0.15, -0.1) is 22.0 Å². The van der Waals surface area contributed by atoms with Gasteiger partial charge in [-0.05, 0) is 36.8 Å². The Morgan fingerprint density at radius 2 is 1.83 bits per heavy atom. The SMILES string of the molecule is Cc1ccc(SCCNC(=O)CSc2nnc(NCc3ccc(F)cc3)s2)cc1. The van der Waals surface area contributed by atoms with Crippen LogP contribution in [0.5, 0.6) is 0 Å². The Morgan fingerprint density at radius 3 is 2.59 bits per heavy atom. The van der Waals surface area contributed by atoms with Gasteiger partial charge in [-0.25, -0.2) is 4.39 Å². The van der Waals surface area contributed by atoms with E-state index in [4.69, 9.17) is 0 Å². The molecule has 0 saturated carbocycles. The topological polar surface area (TPSA) is 66.9 Å². The highest BCUT2D eigenvalue weighted by atomic mass is 32.2. The normalized spacial score (nSPS) is 10.7. The zero-order valence-electron chi connectivity index (χ0n) is 15.9. The van der Waals surface area contributed by atoms with Gasteiger partial charge in [0.1, 0.15) is 5.82 Å². The quantitative estimate of drug-likeness (QED) is 0.349. The molecule has 0 bridgehead atoms. The summed E-state index contributed by atoms with van der Waals surface area (Å²) in [5, 5.41) is 14.9. The van der Waals surface area contributed by atoms with Gasteiger partial charge in [0.2, 0.25) is 11.0 Å². The number of anilines is 1. The summed E-state index contributed by atoms with van der Waals surface area (Å²) in [5.41, 5.74) is 2.20. The molecule has 0 spiro atoms. The van der Waals surface area contributed by atoms with Gasteiger partial charge in [-0.2, -0.15) is 0 Å². The van der Waals surface area contributed by atoms with E-state index >= 15 is 0 Å². The molecule has 3 rings (SSSR count). The van der Waals surface area contributed by atoms with E-state index in [9.17, 15) is 9.18 Å². The smallest absolute Gasteiger partial charge is 0.230 e. The molecule has 2 N–H and O–H groups in total. The van der Waals surface area contributed by atoms with Crippen LogP contribution in [0.3, 0.4) is 0 Å². The summed E-state index contributed by atoms with van der Waals surface area (Å²) >= 11 is 4.48. The molecule has 0 aliphatic heterocycles. The van der Waals surface area contributed by atoms with Crippen molar-refractivity contribution in [2.24, 2.45) is 0 Å². The number of aryl methyl sites for hydroxylation is 1. The second-order valence-corrected chi connectivity index (χ2v) is 9.52. The van der Waals surface area contributed by atoms with E-state index < -0.39 is 0 Å². The van der Waals surface area contributed by atoms with Gasteiger partial charge in [0.25, 0.3) is 0 Å². The molecule has 0 aliphatic rings. The van der Waals surface area contributed by atoms with Gasteiger partial charge < -0.3 is 10.6 Å². The number of nitrogens with zero attached hydrogens (tertiary/aromatic N) is 2. The molecule has 5 nitrogen and oxygen atoms in total. The van der Waals surface area contributed by atoms with E-state index in [1.54, 1.807) is 23.9 Å². The average molecular weight is 449 g/mol. The van der Waals surface area contributed by atoms with Crippen molar-refractivity contribution in [2.45, 2.75) is 22.7 Å². The summed E-state index contributed by atoms with van der Waals surface area (Å²) in [6.45, 7) is 3.23. The number of rotatable bonds is 10. The Bertz CT molecular complexity index is 916. The predicted octanol–water partition coefficient (Wildman–Crippen LogP) is 4.60. The van der Waals surface area contributed by atoms with E-state index in [0.717, 1.165) is 15.7 Å². The van der Waals surface area contributed by atoms with E-state index in [1.807, 2.05) is 0 Å². The van der Waals surface area contributed by atoms with Gasteiger partial charge in [0.05, 0.1) is 5.75 Å². The molecule has 9 heteroatoms. The highest BCUT2D eigenvalue weighted by Crippen LogP contribution is 2.25. The number of nitrogens with one attached hydrogen (secondary N) is 2. The van der Waals surface area contributed by atoms with Gasteiger partial charge in [0, 0.05) is 23.7 Å². The first-order valence-electron chi connectivity index (χ1n) is 8.99. The number of amides is 1. The van der Waals surface area contributed by atoms with E-state index in [-0.39, 0.29) is 11.7 Å². The van der Waals surface area contributed by atoms with Crippen LogP contribution < -0.4 is 10.6 Å². The van der Waals surface area contributed by atoms with Gasteiger partial charge in [0.15, 0.2) is 4.34 Å². The minimum absolute atomic E-state index is 0.0180. The molecule has 0 radical (unpaired) electrons. The molecule has 1 amide bonds. The molecular formula is C20H21FN4OS3. The van der Waals surface area contributed by atoms with Gasteiger partial charge >= 0.3 is 0 Å². The summed E-state index contributed by atoms with van der Waals surface area (Å²) in [7, 11) is 0. The number of thioether (sulfide) groups is 2. The minimum Gasteiger partial charge on any atom is -0.356 e. The molecule has 0 aliphatic carbocycles. The molecule has 152 valence electrons. The Hall–Kier alpha value is -2.10. The van der Waals surface area contributed by atoms with Crippen LogP contribution in [0.25, 0.3) is 0 Å².